The molecule has 3 rings (SSSR count). The summed E-state index contributed by atoms with van der Waals surface area (Å²) in [4.78, 5) is 3.60. The number of hydrogen-bond acceptors (Lipinski definition) is 5. The zero-order valence-corrected chi connectivity index (χ0v) is 21.8. The van der Waals surface area contributed by atoms with Gasteiger partial charge in [-0.1, -0.05) is 12.1 Å². The quantitative estimate of drug-likeness (QED) is 0.524. The van der Waals surface area contributed by atoms with Crippen molar-refractivity contribution in [3.8, 4) is 11.5 Å². The maximum atomic E-state index is 5.94. The second kappa shape index (κ2) is 10.4. The van der Waals surface area contributed by atoms with Crippen molar-refractivity contribution in [1.29, 1.82) is 0 Å². The Morgan fingerprint density at radius 1 is 1.12 bits per heavy atom. The molecule has 0 unspecified atom stereocenters. The number of benzene rings is 1. The van der Waals surface area contributed by atoms with Crippen molar-refractivity contribution < 1.29 is 9.47 Å². The molecule has 1 aliphatic rings. The summed E-state index contributed by atoms with van der Waals surface area (Å²) in [5.74, 6) is 1.51. The van der Waals surface area contributed by atoms with E-state index >= 15 is 0 Å². The lowest BCUT2D eigenvalue weighted by molar-refractivity contribution is 0.153. The number of piperidine rings is 1. The number of methoxy groups -OCH3 is 2. The Hall–Kier alpha value is -1.83. The molecule has 1 aliphatic heterocycles. The average Bonchev–Trinajstić information content (AvgIpc) is 3.21. The standard InChI is InChI=1S/C25H37N3O2S2/c1-24(2)15-19(16-25(3,4)27-24)26-23(31)28(17-20-8-7-13-32-20)12-11-18-9-10-21(29-5)22(14-18)30-6/h7-10,13-14,19,27H,11-12,15-17H2,1-6H3,(H,26,31). The molecule has 1 fully saturated rings. The highest BCUT2D eigenvalue weighted by molar-refractivity contribution is 7.80. The lowest BCUT2D eigenvalue weighted by atomic mass is 9.80. The van der Waals surface area contributed by atoms with Crippen molar-refractivity contribution in [2.24, 2.45) is 0 Å². The molecule has 0 radical (unpaired) electrons. The van der Waals surface area contributed by atoms with Gasteiger partial charge in [-0.05, 0) is 88.3 Å². The van der Waals surface area contributed by atoms with Crippen LogP contribution in [-0.2, 0) is 13.0 Å². The fourth-order valence-corrected chi connectivity index (χ4v) is 5.88. The van der Waals surface area contributed by atoms with Crippen molar-refractivity contribution in [1.82, 2.24) is 15.5 Å². The second-order valence-corrected chi connectivity index (χ2v) is 11.3. The van der Waals surface area contributed by atoms with Crippen LogP contribution in [0.2, 0.25) is 0 Å². The van der Waals surface area contributed by atoms with E-state index in [0.29, 0.717) is 6.04 Å². The van der Waals surface area contributed by atoms with E-state index in [2.05, 4.69) is 72.9 Å². The summed E-state index contributed by atoms with van der Waals surface area (Å²) >= 11 is 7.71. The van der Waals surface area contributed by atoms with Gasteiger partial charge in [0.2, 0.25) is 0 Å². The first-order valence-corrected chi connectivity index (χ1v) is 12.5. The molecule has 1 saturated heterocycles. The fourth-order valence-electron chi connectivity index (χ4n) is 4.83. The van der Waals surface area contributed by atoms with Crippen molar-refractivity contribution in [3.63, 3.8) is 0 Å². The number of thiophene rings is 1. The molecule has 1 aromatic carbocycles. The maximum Gasteiger partial charge on any atom is 0.169 e. The number of rotatable bonds is 8. The zero-order chi connectivity index (χ0) is 23.4. The Balaban J connectivity index is 1.70. The van der Waals surface area contributed by atoms with Gasteiger partial charge in [0.05, 0.1) is 20.8 Å². The Labute approximate surface area is 202 Å². The topological polar surface area (TPSA) is 45.8 Å². The van der Waals surface area contributed by atoms with Crippen molar-refractivity contribution in [2.75, 3.05) is 20.8 Å². The molecule has 5 nitrogen and oxygen atoms in total. The molecule has 0 spiro atoms. The normalized spacial score (nSPS) is 17.6. The third-order valence-corrected chi connectivity index (χ3v) is 7.09. The highest BCUT2D eigenvalue weighted by atomic mass is 32.1. The summed E-state index contributed by atoms with van der Waals surface area (Å²) in [5, 5.41) is 10.4. The van der Waals surface area contributed by atoms with E-state index in [1.807, 2.05) is 6.07 Å². The minimum atomic E-state index is 0.0766. The fraction of sp³-hybridized carbons (Fsp3) is 0.560. The smallest absolute Gasteiger partial charge is 0.169 e. The SMILES string of the molecule is COc1ccc(CCN(Cc2cccs2)C(=S)NC2CC(C)(C)NC(C)(C)C2)cc1OC. The summed E-state index contributed by atoms with van der Waals surface area (Å²) in [7, 11) is 3.33. The van der Waals surface area contributed by atoms with Gasteiger partial charge < -0.3 is 25.0 Å². The number of hydrogen-bond donors (Lipinski definition) is 2. The maximum absolute atomic E-state index is 5.94. The molecular weight excluding hydrogens is 438 g/mol. The van der Waals surface area contributed by atoms with E-state index < -0.39 is 0 Å². The van der Waals surface area contributed by atoms with Crippen molar-refractivity contribution >= 4 is 28.7 Å². The molecule has 0 aliphatic carbocycles. The van der Waals surface area contributed by atoms with Crippen LogP contribution in [0.25, 0.3) is 0 Å². The number of thiocarbonyl (C=S) groups is 1. The monoisotopic (exact) mass is 475 g/mol. The zero-order valence-electron chi connectivity index (χ0n) is 20.2. The van der Waals surface area contributed by atoms with Gasteiger partial charge in [-0.15, -0.1) is 11.3 Å². The lowest BCUT2D eigenvalue weighted by Gasteiger charge is -2.47. The molecule has 0 amide bonds. The van der Waals surface area contributed by atoms with Crippen LogP contribution in [0, 0.1) is 0 Å². The minimum Gasteiger partial charge on any atom is -0.493 e. The van der Waals surface area contributed by atoms with Crippen LogP contribution in [0.4, 0.5) is 0 Å². The molecule has 0 saturated carbocycles. The van der Waals surface area contributed by atoms with Crippen LogP contribution in [0.5, 0.6) is 11.5 Å². The predicted octanol–water partition coefficient (Wildman–Crippen LogP) is 4.99. The molecular formula is C25H37N3O2S2. The molecule has 2 N–H and O–H groups in total. The molecule has 2 aromatic rings. The van der Waals surface area contributed by atoms with Gasteiger partial charge in [-0.2, -0.15) is 0 Å². The van der Waals surface area contributed by atoms with Crippen LogP contribution in [0.3, 0.4) is 0 Å². The van der Waals surface area contributed by atoms with E-state index in [4.69, 9.17) is 21.7 Å². The molecule has 32 heavy (non-hydrogen) atoms. The van der Waals surface area contributed by atoms with E-state index in [0.717, 1.165) is 49.0 Å². The Morgan fingerprint density at radius 3 is 2.41 bits per heavy atom. The van der Waals surface area contributed by atoms with Gasteiger partial charge in [0.25, 0.3) is 0 Å². The molecule has 0 bridgehead atoms. The van der Waals surface area contributed by atoms with E-state index in [1.54, 1.807) is 25.6 Å². The summed E-state index contributed by atoms with van der Waals surface area (Å²) in [6.07, 6.45) is 2.95. The van der Waals surface area contributed by atoms with Crippen molar-refractivity contribution in [2.45, 2.75) is 70.6 Å². The van der Waals surface area contributed by atoms with Gasteiger partial charge in [0, 0.05) is 28.5 Å². The molecule has 0 atom stereocenters. The van der Waals surface area contributed by atoms with Gasteiger partial charge in [-0.25, -0.2) is 0 Å². The predicted molar refractivity (Wildman–Crippen MR) is 138 cm³/mol. The number of nitrogens with zero attached hydrogens (tertiary/aromatic N) is 1. The van der Waals surface area contributed by atoms with Crippen LogP contribution in [-0.4, -0.2) is 47.9 Å². The Morgan fingerprint density at radius 2 is 1.81 bits per heavy atom. The first-order chi connectivity index (χ1) is 15.1. The van der Waals surface area contributed by atoms with Crippen LogP contribution >= 0.6 is 23.6 Å². The molecule has 7 heteroatoms. The van der Waals surface area contributed by atoms with Gasteiger partial charge in [-0.3, -0.25) is 0 Å². The first-order valence-electron chi connectivity index (χ1n) is 11.2. The molecule has 1 aromatic heterocycles. The highest BCUT2D eigenvalue weighted by Crippen LogP contribution is 2.29. The Bertz CT molecular complexity index is 881. The van der Waals surface area contributed by atoms with E-state index in [1.165, 1.54) is 10.4 Å². The van der Waals surface area contributed by atoms with Gasteiger partial charge >= 0.3 is 0 Å². The summed E-state index contributed by atoms with van der Waals surface area (Å²) < 4.78 is 10.8. The largest absolute Gasteiger partial charge is 0.493 e. The van der Waals surface area contributed by atoms with E-state index in [-0.39, 0.29) is 11.1 Å². The summed E-state index contributed by atoms with van der Waals surface area (Å²) in [5.41, 5.74) is 1.35. The van der Waals surface area contributed by atoms with Crippen LogP contribution in [0.15, 0.2) is 35.7 Å². The number of ether oxygens (including phenoxy) is 2. The van der Waals surface area contributed by atoms with E-state index in [9.17, 15) is 0 Å². The van der Waals surface area contributed by atoms with Crippen molar-refractivity contribution in [3.05, 3.63) is 46.2 Å². The number of nitrogens with one attached hydrogen (secondary N) is 2. The summed E-state index contributed by atoms with van der Waals surface area (Å²) in [6.45, 7) is 10.7. The minimum absolute atomic E-state index is 0.0766. The third kappa shape index (κ3) is 6.83. The molecule has 176 valence electrons. The van der Waals surface area contributed by atoms with Gasteiger partial charge in [0.1, 0.15) is 0 Å². The Kier molecular flexibility index (Phi) is 8.06. The van der Waals surface area contributed by atoms with Crippen LogP contribution in [0.1, 0.15) is 51.0 Å². The molecule has 2 heterocycles. The lowest BCUT2D eigenvalue weighted by Crippen LogP contribution is -2.62. The summed E-state index contributed by atoms with van der Waals surface area (Å²) in [6, 6.07) is 10.7. The third-order valence-electron chi connectivity index (χ3n) is 5.85. The average molecular weight is 476 g/mol. The van der Waals surface area contributed by atoms with Crippen LogP contribution < -0.4 is 20.1 Å². The van der Waals surface area contributed by atoms with Gasteiger partial charge in [0.15, 0.2) is 16.6 Å². The second-order valence-electron chi connectivity index (χ2n) is 9.89. The highest BCUT2D eigenvalue weighted by Gasteiger charge is 2.38. The first kappa shape index (κ1) is 24.8.